The fourth-order valence-electron chi connectivity index (χ4n) is 3.54. The molecule has 2 unspecified atom stereocenters. The van der Waals surface area contributed by atoms with E-state index in [9.17, 15) is 96.6 Å². The number of hydrogen-bond acceptors (Lipinski definition) is 8. The highest BCUT2D eigenvalue weighted by molar-refractivity contribution is 6.88. The molecule has 0 aromatic carbocycles. The summed E-state index contributed by atoms with van der Waals surface area (Å²) in [5.74, 6) is -40.0. The molecule has 1 heterocycles. The van der Waals surface area contributed by atoms with Crippen molar-refractivity contribution in [1.29, 1.82) is 0 Å². The summed E-state index contributed by atoms with van der Waals surface area (Å²) in [7, 11) is -23.3. The highest BCUT2D eigenvalue weighted by Gasteiger charge is 2.76. The van der Waals surface area contributed by atoms with E-state index in [0.717, 1.165) is 0 Å². The third-order valence-corrected chi connectivity index (χ3v) is 20.7. The van der Waals surface area contributed by atoms with Gasteiger partial charge in [-0.15, -0.1) is 0 Å². The van der Waals surface area contributed by atoms with Crippen LogP contribution in [0.5, 0.6) is 0 Å². The normalized spacial score (nSPS) is 28.2. The SMILES string of the molecule is C[Si]1(OCCCF)O[Si](C)(OCC(F)(F)C(F)(F)C(F)(F)F)O[Si](C)(OCC(F)(F)C(F)(F)C(F)(F)F)O[Si](C)(OCC(F)(F)C(F)(F)C(F)(F)F)O1. The van der Waals surface area contributed by atoms with Crippen LogP contribution in [0.25, 0.3) is 0 Å². The van der Waals surface area contributed by atoms with Crippen LogP contribution in [0.15, 0.2) is 0 Å². The van der Waals surface area contributed by atoms with E-state index in [1.165, 1.54) is 0 Å². The lowest BCUT2D eigenvalue weighted by atomic mass is 10.2. The van der Waals surface area contributed by atoms with E-state index < -0.39 is 129 Å². The molecule has 0 aromatic heterocycles. The maximum Gasteiger partial charge on any atom is 0.483 e. The van der Waals surface area contributed by atoms with Gasteiger partial charge < -0.3 is 34.2 Å². The van der Waals surface area contributed by atoms with Crippen LogP contribution in [0.2, 0.25) is 26.2 Å². The van der Waals surface area contributed by atoms with E-state index in [-0.39, 0.29) is 19.6 Å². The molecule has 0 saturated carbocycles. The summed E-state index contributed by atoms with van der Waals surface area (Å²) in [4.78, 5) is 0. The van der Waals surface area contributed by atoms with Gasteiger partial charge in [-0.1, -0.05) is 0 Å². The van der Waals surface area contributed by atoms with E-state index in [0.29, 0.717) is 6.55 Å². The van der Waals surface area contributed by atoms with Crippen molar-refractivity contribution < 1.29 is 131 Å². The Labute approximate surface area is 286 Å². The van der Waals surface area contributed by atoms with E-state index in [4.69, 9.17) is 20.9 Å². The zero-order valence-electron chi connectivity index (χ0n) is 26.3. The Kier molecular flexibility index (Phi) is 14.5. The van der Waals surface area contributed by atoms with Crippen LogP contribution in [0, 0.1) is 0 Å². The van der Waals surface area contributed by atoms with Crippen molar-refractivity contribution in [2.24, 2.45) is 0 Å². The Morgan fingerprint density at radius 3 is 0.774 bits per heavy atom. The van der Waals surface area contributed by atoms with Crippen molar-refractivity contribution in [3.8, 4) is 0 Å². The first-order valence-corrected chi connectivity index (χ1v) is 22.3. The lowest BCUT2D eigenvalue weighted by molar-refractivity contribution is -0.360. The average molecular weight is 911 g/mol. The van der Waals surface area contributed by atoms with Crippen molar-refractivity contribution in [2.75, 3.05) is 33.1 Å². The van der Waals surface area contributed by atoms with Crippen molar-refractivity contribution >= 4 is 35.2 Å². The van der Waals surface area contributed by atoms with Gasteiger partial charge in [-0.25, -0.2) is 0 Å². The summed E-state index contributed by atoms with van der Waals surface area (Å²) >= 11 is 0. The molecule has 0 aliphatic carbocycles. The summed E-state index contributed by atoms with van der Waals surface area (Å²) in [6.45, 7) is -11.0. The zero-order valence-corrected chi connectivity index (χ0v) is 30.3. The summed E-state index contributed by atoms with van der Waals surface area (Å²) in [6, 6.07) is 0. The van der Waals surface area contributed by atoms with Crippen LogP contribution in [0.3, 0.4) is 0 Å². The third kappa shape index (κ3) is 11.3. The molecule has 1 saturated heterocycles. The first-order chi connectivity index (χ1) is 23.0. The summed E-state index contributed by atoms with van der Waals surface area (Å²) in [5.41, 5.74) is 0. The fraction of sp³-hybridized carbons (Fsp3) is 1.00. The molecule has 0 bridgehead atoms. The maximum atomic E-state index is 14.2. The molecule has 1 aliphatic rings. The molecular formula is C19H24F22O8Si4. The monoisotopic (exact) mass is 910 g/mol. The molecule has 1 aliphatic heterocycles. The Bertz CT molecular complexity index is 1180. The van der Waals surface area contributed by atoms with Gasteiger partial charge in [0, 0.05) is 32.8 Å². The van der Waals surface area contributed by atoms with E-state index in [1.54, 1.807) is 0 Å². The van der Waals surface area contributed by atoms with Gasteiger partial charge >= 0.3 is 89.3 Å². The second-order valence-electron chi connectivity index (χ2n) is 10.9. The lowest BCUT2D eigenvalue weighted by Crippen LogP contribution is -2.72. The second kappa shape index (κ2) is 15.4. The van der Waals surface area contributed by atoms with Gasteiger partial charge in [-0.2, -0.15) is 92.2 Å². The van der Waals surface area contributed by atoms with Crippen LogP contribution >= 0.6 is 0 Å². The Morgan fingerprint density at radius 1 is 0.377 bits per heavy atom. The molecule has 1 fully saturated rings. The Balaban J connectivity index is 3.88. The molecule has 0 amide bonds. The Hall–Kier alpha value is -0.992. The minimum absolute atomic E-state index is 0.0316. The van der Waals surface area contributed by atoms with Crippen molar-refractivity contribution in [3.05, 3.63) is 0 Å². The van der Waals surface area contributed by atoms with Crippen LogP contribution in [-0.4, -0.2) is 122 Å². The number of hydrogen-bond donors (Lipinski definition) is 0. The van der Waals surface area contributed by atoms with Gasteiger partial charge in [-0.3, -0.25) is 4.39 Å². The van der Waals surface area contributed by atoms with Crippen LogP contribution < -0.4 is 0 Å². The smallest absolute Gasteiger partial charge is 0.374 e. The summed E-state index contributed by atoms with van der Waals surface area (Å²) in [5, 5.41) is 0. The van der Waals surface area contributed by atoms with Gasteiger partial charge in [0.15, 0.2) is 0 Å². The predicted molar refractivity (Wildman–Crippen MR) is 133 cm³/mol. The lowest BCUT2D eigenvalue weighted by Gasteiger charge is -2.47. The molecule has 2 atom stereocenters. The van der Waals surface area contributed by atoms with Gasteiger partial charge in [0.2, 0.25) is 0 Å². The van der Waals surface area contributed by atoms with Crippen LogP contribution in [0.4, 0.5) is 96.6 Å². The molecule has 1 rings (SSSR count). The zero-order chi connectivity index (χ0) is 42.4. The molecule has 34 heteroatoms. The number of alkyl halides is 22. The van der Waals surface area contributed by atoms with E-state index >= 15 is 0 Å². The molecule has 8 nitrogen and oxygen atoms in total. The van der Waals surface area contributed by atoms with Crippen molar-refractivity contribution in [2.45, 2.75) is 86.7 Å². The molecule has 0 radical (unpaired) electrons. The van der Waals surface area contributed by atoms with E-state index in [1.807, 2.05) is 0 Å². The van der Waals surface area contributed by atoms with Crippen molar-refractivity contribution in [3.63, 3.8) is 0 Å². The topological polar surface area (TPSA) is 73.8 Å². The van der Waals surface area contributed by atoms with Gasteiger partial charge in [0.05, 0.1) is 6.67 Å². The molecular weight excluding hydrogens is 887 g/mol. The second-order valence-corrected chi connectivity index (χ2v) is 22.3. The van der Waals surface area contributed by atoms with Crippen molar-refractivity contribution in [1.82, 2.24) is 0 Å². The minimum Gasteiger partial charge on any atom is -0.374 e. The number of rotatable bonds is 16. The minimum atomic E-state index is -7.08. The predicted octanol–water partition coefficient (Wildman–Crippen LogP) is 8.27. The molecule has 0 aromatic rings. The van der Waals surface area contributed by atoms with Crippen LogP contribution in [-0.2, 0) is 34.2 Å². The Morgan fingerprint density at radius 2 is 0.585 bits per heavy atom. The molecule has 0 N–H and O–H groups in total. The van der Waals surface area contributed by atoms with Gasteiger partial charge in [-0.05, 0) is 6.42 Å². The fourth-order valence-corrected chi connectivity index (χ4v) is 20.2. The highest BCUT2D eigenvalue weighted by atomic mass is 28.6. The summed E-state index contributed by atoms with van der Waals surface area (Å²) < 4.78 is 331. The third-order valence-electron chi connectivity index (χ3n) is 6.12. The first-order valence-electron chi connectivity index (χ1n) is 13.4. The molecule has 53 heavy (non-hydrogen) atoms. The molecule has 0 spiro atoms. The van der Waals surface area contributed by atoms with Crippen LogP contribution in [0.1, 0.15) is 6.42 Å². The molecule has 318 valence electrons. The first kappa shape index (κ1) is 50.0. The maximum absolute atomic E-state index is 14.2. The van der Waals surface area contributed by atoms with Gasteiger partial charge in [0.25, 0.3) is 0 Å². The number of halogens is 22. The largest absolute Gasteiger partial charge is 0.483 e. The quantitative estimate of drug-likeness (QED) is 0.0872. The van der Waals surface area contributed by atoms with Gasteiger partial charge in [0.1, 0.15) is 19.8 Å². The average Bonchev–Trinajstić information content (AvgIpc) is 2.91. The van der Waals surface area contributed by atoms with E-state index in [2.05, 4.69) is 13.3 Å². The standard InChI is InChI=1S/C19H24F22O8Si4/c1-50(42-7-5-6-20)46-51(2,43-8-11(21,22)14(27,28)17(33,34)35)48-53(4,45-10-13(25,26)16(31,32)19(39,40)41)49-52(3,47-50)44-9-12(23,24)15(29,30)18(36,37)38/h5-10H2,1-4H3. The summed E-state index contributed by atoms with van der Waals surface area (Å²) in [6.07, 6.45) is -21.8. The highest BCUT2D eigenvalue weighted by Crippen LogP contribution is 2.50.